The molecule has 1 atom stereocenters. The van der Waals surface area contributed by atoms with E-state index in [0.29, 0.717) is 30.2 Å². The molecule has 0 unspecified atom stereocenters. The molecule has 0 bridgehead atoms. The minimum absolute atomic E-state index is 0.0897. The topological polar surface area (TPSA) is 70.1 Å². The normalized spacial score (nSPS) is 17.7. The Labute approximate surface area is 200 Å². The summed E-state index contributed by atoms with van der Waals surface area (Å²) in [7, 11) is 3.92. The van der Waals surface area contributed by atoms with Gasteiger partial charge < -0.3 is 19.6 Å². The van der Waals surface area contributed by atoms with Gasteiger partial charge in [0.05, 0.1) is 18.2 Å². The highest BCUT2D eigenvalue weighted by molar-refractivity contribution is 6.46. The van der Waals surface area contributed by atoms with Crippen molar-refractivity contribution in [2.45, 2.75) is 32.2 Å². The van der Waals surface area contributed by atoms with Crippen LogP contribution in [0.3, 0.4) is 0 Å². The van der Waals surface area contributed by atoms with Crippen molar-refractivity contribution in [3.63, 3.8) is 0 Å². The van der Waals surface area contributed by atoms with Gasteiger partial charge in [0.1, 0.15) is 11.5 Å². The molecule has 0 aromatic heterocycles. The number of ketones is 1. The zero-order chi connectivity index (χ0) is 24.0. The largest absolute Gasteiger partial charge is 0.507 e. The standard InChI is InChI=1S/C26H31ClN2O4/c1-4-5-17-33-21-13-9-18(10-14-21)23-22(24(30)19-7-11-20(27)12-8-19)25(31)26(32)29(23)16-6-15-28(2)3/h7-14,23,30H,4-6,15-17H2,1-3H3/t23-/m0/s1. The number of benzene rings is 2. The molecular weight excluding hydrogens is 440 g/mol. The Hall–Kier alpha value is -2.83. The smallest absolute Gasteiger partial charge is 0.295 e. The van der Waals surface area contributed by atoms with Crippen molar-refractivity contribution in [1.29, 1.82) is 0 Å². The maximum atomic E-state index is 13.0. The van der Waals surface area contributed by atoms with Crippen LogP contribution in [0, 0.1) is 0 Å². The molecule has 1 N–H and O–H groups in total. The van der Waals surface area contributed by atoms with Crippen molar-refractivity contribution >= 4 is 29.1 Å². The molecule has 1 aliphatic heterocycles. The van der Waals surface area contributed by atoms with Gasteiger partial charge in [-0.3, -0.25) is 9.59 Å². The summed E-state index contributed by atoms with van der Waals surface area (Å²) in [5, 5.41) is 11.6. The average Bonchev–Trinajstić information content (AvgIpc) is 3.04. The summed E-state index contributed by atoms with van der Waals surface area (Å²) >= 11 is 5.98. The monoisotopic (exact) mass is 470 g/mol. The van der Waals surface area contributed by atoms with Gasteiger partial charge in [-0.2, -0.15) is 0 Å². The van der Waals surface area contributed by atoms with Crippen molar-refractivity contribution in [2.75, 3.05) is 33.8 Å². The molecule has 2 aromatic rings. The summed E-state index contributed by atoms with van der Waals surface area (Å²) in [5.74, 6) is -0.749. The molecule has 33 heavy (non-hydrogen) atoms. The van der Waals surface area contributed by atoms with Crippen LogP contribution in [-0.4, -0.2) is 60.4 Å². The molecule has 1 amide bonds. The van der Waals surface area contributed by atoms with E-state index < -0.39 is 17.7 Å². The molecule has 1 aliphatic rings. The number of likely N-dealkylation sites (tertiary alicyclic amines) is 1. The number of carbonyl (C=O) groups excluding carboxylic acids is 2. The summed E-state index contributed by atoms with van der Waals surface area (Å²) in [6.07, 6.45) is 2.72. The molecule has 1 fully saturated rings. The summed E-state index contributed by atoms with van der Waals surface area (Å²) in [6.45, 7) is 3.92. The van der Waals surface area contributed by atoms with Crippen LogP contribution in [0.1, 0.15) is 43.4 Å². The third-order valence-electron chi connectivity index (χ3n) is 5.62. The first-order chi connectivity index (χ1) is 15.8. The molecule has 0 saturated carbocycles. The first kappa shape index (κ1) is 24.8. The number of nitrogens with zero attached hydrogens (tertiary/aromatic N) is 2. The second kappa shape index (κ2) is 11.3. The van der Waals surface area contributed by atoms with Crippen LogP contribution >= 0.6 is 11.6 Å². The zero-order valence-corrected chi connectivity index (χ0v) is 20.1. The Bertz CT molecular complexity index is 1000. The third-order valence-corrected chi connectivity index (χ3v) is 5.88. The number of Topliss-reactive ketones (excluding diaryl/α,β-unsaturated/α-hetero) is 1. The van der Waals surface area contributed by atoms with Crippen molar-refractivity contribution in [1.82, 2.24) is 9.80 Å². The predicted molar refractivity (Wildman–Crippen MR) is 130 cm³/mol. The number of hydrogen-bond donors (Lipinski definition) is 1. The lowest BCUT2D eigenvalue weighted by atomic mass is 9.95. The molecule has 0 radical (unpaired) electrons. The van der Waals surface area contributed by atoms with Crippen LogP contribution < -0.4 is 4.74 Å². The van der Waals surface area contributed by atoms with Crippen LogP contribution in [0.25, 0.3) is 5.76 Å². The van der Waals surface area contributed by atoms with Gasteiger partial charge in [0.15, 0.2) is 0 Å². The highest BCUT2D eigenvalue weighted by Gasteiger charge is 2.45. The first-order valence-electron chi connectivity index (χ1n) is 11.2. The third kappa shape index (κ3) is 5.95. The lowest BCUT2D eigenvalue weighted by Crippen LogP contribution is -2.32. The Morgan fingerprint density at radius 1 is 1.06 bits per heavy atom. The van der Waals surface area contributed by atoms with Crippen LogP contribution in [0.2, 0.25) is 5.02 Å². The number of rotatable bonds is 10. The van der Waals surface area contributed by atoms with E-state index in [1.165, 1.54) is 0 Å². The Morgan fingerprint density at radius 3 is 2.33 bits per heavy atom. The van der Waals surface area contributed by atoms with Gasteiger partial charge in [0.2, 0.25) is 0 Å². The van der Waals surface area contributed by atoms with Crippen molar-refractivity contribution in [3.05, 3.63) is 70.3 Å². The Kier molecular flexibility index (Phi) is 8.53. The molecule has 0 spiro atoms. The van der Waals surface area contributed by atoms with E-state index in [0.717, 1.165) is 30.7 Å². The van der Waals surface area contributed by atoms with Gasteiger partial charge in [-0.15, -0.1) is 0 Å². The first-order valence-corrected chi connectivity index (χ1v) is 11.6. The number of aliphatic hydroxyl groups is 1. The van der Waals surface area contributed by atoms with Gasteiger partial charge in [0, 0.05) is 17.1 Å². The minimum atomic E-state index is -0.680. The number of unbranched alkanes of at least 4 members (excludes halogenated alkanes) is 1. The molecule has 2 aromatic carbocycles. The highest BCUT2D eigenvalue weighted by Crippen LogP contribution is 2.40. The van der Waals surface area contributed by atoms with E-state index >= 15 is 0 Å². The van der Waals surface area contributed by atoms with Crippen molar-refractivity contribution < 1.29 is 19.4 Å². The van der Waals surface area contributed by atoms with Gasteiger partial charge in [0.25, 0.3) is 11.7 Å². The molecular formula is C26H31ClN2O4. The van der Waals surface area contributed by atoms with Gasteiger partial charge >= 0.3 is 0 Å². The summed E-state index contributed by atoms with van der Waals surface area (Å²) in [5.41, 5.74) is 1.28. The summed E-state index contributed by atoms with van der Waals surface area (Å²) in [6, 6.07) is 13.3. The number of halogens is 1. The average molecular weight is 471 g/mol. The lowest BCUT2D eigenvalue weighted by Gasteiger charge is -2.26. The van der Waals surface area contributed by atoms with E-state index in [1.807, 2.05) is 43.3 Å². The molecule has 3 rings (SSSR count). The van der Waals surface area contributed by atoms with Crippen molar-refractivity contribution in [3.8, 4) is 5.75 Å². The fraction of sp³-hybridized carbons (Fsp3) is 0.385. The quantitative estimate of drug-likeness (QED) is 0.231. The Morgan fingerprint density at radius 2 is 1.73 bits per heavy atom. The van der Waals surface area contributed by atoms with Crippen LogP contribution in [0.4, 0.5) is 0 Å². The predicted octanol–water partition coefficient (Wildman–Crippen LogP) is 4.89. The van der Waals surface area contributed by atoms with E-state index in [4.69, 9.17) is 16.3 Å². The molecule has 1 saturated heterocycles. The number of ether oxygens (including phenoxy) is 1. The van der Waals surface area contributed by atoms with E-state index in [-0.39, 0.29) is 11.3 Å². The van der Waals surface area contributed by atoms with Crippen LogP contribution in [-0.2, 0) is 9.59 Å². The maximum absolute atomic E-state index is 13.0. The van der Waals surface area contributed by atoms with Gasteiger partial charge in [-0.1, -0.05) is 37.1 Å². The Balaban J connectivity index is 1.99. The van der Waals surface area contributed by atoms with E-state index in [2.05, 4.69) is 6.92 Å². The number of aliphatic hydroxyl groups excluding tert-OH is 1. The summed E-state index contributed by atoms with van der Waals surface area (Å²) in [4.78, 5) is 29.6. The molecule has 7 heteroatoms. The fourth-order valence-electron chi connectivity index (χ4n) is 3.86. The maximum Gasteiger partial charge on any atom is 0.295 e. The molecule has 0 aliphatic carbocycles. The molecule has 6 nitrogen and oxygen atoms in total. The van der Waals surface area contributed by atoms with Gasteiger partial charge in [-0.05, 0) is 75.4 Å². The minimum Gasteiger partial charge on any atom is -0.507 e. The fourth-order valence-corrected chi connectivity index (χ4v) is 3.98. The van der Waals surface area contributed by atoms with Crippen molar-refractivity contribution in [2.24, 2.45) is 0 Å². The van der Waals surface area contributed by atoms with Gasteiger partial charge in [-0.25, -0.2) is 0 Å². The number of amides is 1. The van der Waals surface area contributed by atoms with E-state index in [1.54, 1.807) is 29.2 Å². The van der Waals surface area contributed by atoms with E-state index in [9.17, 15) is 14.7 Å². The van der Waals surface area contributed by atoms with Crippen LogP contribution in [0.5, 0.6) is 5.75 Å². The van der Waals surface area contributed by atoms with Crippen LogP contribution in [0.15, 0.2) is 54.1 Å². The highest BCUT2D eigenvalue weighted by atomic mass is 35.5. The number of carbonyl (C=O) groups is 2. The summed E-state index contributed by atoms with van der Waals surface area (Å²) < 4.78 is 5.75. The SMILES string of the molecule is CCCCOc1ccc([C@H]2C(=C(O)c3ccc(Cl)cc3)C(=O)C(=O)N2CCCN(C)C)cc1. The second-order valence-electron chi connectivity index (χ2n) is 8.43. The lowest BCUT2D eigenvalue weighted by molar-refractivity contribution is -0.139. The second-order valence-corrected chi connectivity index (χ2v) is 8.86. The number of hydrogen-bond acceptors (Lipinski definition) is 5. The zero-order valence-electron chi connectivity index (χ0n) is 19.4. The molecule has 176 valence electrons. The molecule has 1 heterocycles.